The second kappa shape index (κ2) is 5.56. The maximum Gasteiger partial charge on any atom is 0.326 e. The standard InChI is InChI=1S/C12H13BrN2O4/c13-8-3-4-10(16)14(6-8)7-11(17)15-5-1-2-9(15)12(18)19/h3-4,6,9H,1-2,5,7H2,(H,18,19)/t9-/m0/s1. The molecule has 1 fully saturated rings. The number of carboxylic acid groups (broad SMARTS) is 1. The van der Waals surface area contributed by atoms with E-state index in [1.54, 1.807) is 6.07 Å². The summed E-state index contributed by atoms with van der Waals surface area (Å²) in [7, 11) is 0. The Morgan fingerprint density at radius 1 is 1.42 bits per heavy atom. The fourth-order valence-electron chi connectivity index (χ4n) is 2.18. The Labute approximate surface area is 117 Å². The highest BCUT2D eigenvalue weighted by Crippen LogP contribution is 2.18. The lowest BCUT2D eigenvalue weighted by Crippen LogP contribution is -2.43. The van der Waals surface area contributed by atoms with Gasteiger partial charge in [-0.1, -0.05) is 0 Å². The summed E-state index contributed by atoms with van der Waals surface area (Å²) in [6, 6.07) is 2.19. The Kier molecular flexibility index (Phi) is 4.04. The van der Waals surface area contributed by atoms with Crippen LogP contribution < -0.4 is 5.56 Å². The molecule has 0 spiro atoms. The van der Waals surface area contributed by atoms with Crippen molar-refractivity contribution in [3.63, 3.8) is 0 Å². The number of likely N-dealkylation sites (tertiary alicyclic amines) is 1. The molecule has 102 valence electrons. The van der Waals surface area contributed by atoms with Crippen molar-refractivity contribution >= 4 is 27.8 Å². The van der Waals surface area contributed by atoms with E-state index in [0.29, 0.717) is 23.9 Å². The monoisotopic (exact) mass is 328 g/mol. The summed E-state index contributed by atoms with van der Waals surface area (Å²) in [4.78, 5) is 36.0. The minimum atomic E-state index is -0.993. The summed E-state index contributed by atoms with van der Waals surface area (Å²) in [6.45, 7) is 0.292. The van der Waals surface area contributed by atoms with E-state index in [4.69, 9.17) is 5.11 Å². The first-order chi connectivity index (χ1) is 8.99. The van der Waals surface area contributed by atoms with Gasteiger partial charge in [0.25, 0.3) is 5.56 Å². The van der Waals surface area contributed by atoms with Gasteiger partial charge in [0.15, 0.2) is 0 Å². The van der Waals surface area contributed by atoms with E-state index < -0.39 is 12.0 Å². The minimum Gasteiger partial charge on any atom is -0.480 e. The van der Waals surface area contributed by atoms with Gasteiger partial charge in [-0.3, -0.25) is 9.59 Å². The van der Waals surface area contributed by atoms with Gasteiger partial charge in [-0.15, -0.1) is 0 Å². The van der Waals surface area contributed by atoms with Crippen LogP contribution in [-0.2, 0) is 16.1 Å². The van der Waals surface area contributed by atoms with Crippen molar-refractivity contribution in [3.05, 3.63) is 33.2 Å². The molecule has 0 aliphatic carbocycles. The second-order valence-corrected chi connectivity index (χ2v) is 5.31. The number of amides is 1. The number of rotatable bonds is 3. The topological polar surface area (TPSA) is 79.6 Å². The first kappa shape index (κ1) is 13.8. The average molecular weight is 329 g/mol. The maximum atomic E-state index is 12.1. The third-order valence-corrected chi connectivity index (χ3v) is 3.58. The van der Waals surface area contributed by atoms with Gasteiger partial charge in [-0.25, -0.2) is 4.79 Å². The van der Waals surface area contributed by atoms with E-state index in [-0.39, 0.29) is 18.0 Å². The van der Waals surface area contributed by atoms with Crippen LogP contribution in [0, 0.1) is 0 Å². The summed E-state index contributed by atoms with van der Waals surface area (Å²) in [6.07, 6.45) is 2.66. The number of pyridine rings is 1. The molecule has 1 saturated heterocycles. The normalized spacial score (nSPS) is 18.6. The fourth-order valence-corrected chi connectivity index (χ4v) is 2.56. The maximum absolute atomic E-state index is 12.1. The van der Waals surface area contributed by atoms with Crippen LogP contribution in [0.2, 0.25) is 0 Å². The molecule has 6 nitrogen and oxygen atoms in total. The molecule has 2 rings (SSSR count). The van der Waals surface area contributed by atoms with Crippen molar-refractivity contribution in [2.75, 3.05) is 6.54 Å². The summed E-state index contributed by atoms with van der Waals surface area (Å²) < 4.78 is 1.96. The number of hydrogen-bond acceptors (Lipinski definition) is 3. The van der Waals surface area contributed by atoms with Crippen molar-refractivity contribution in [2.24, 2.45) is 0 Å². The molecular weight excluding hydrogens is 316 g/mol. The second-order valence-electron chi connectivity index (χ2n) is 4.40. The molecule has 0 aromatic carbocycles. The van der Waals surface area contributed by atoms with E-state index in [0.717, 1.165) is 0 Å². The lowest BCUT2D eigenvalue weighted by atomic mass is 10.2. The first-order valence-corrected chi connectivity index (χ1v) is 6.66. The molecule has 1 aliphatic rings. The Bertz CT molecular complexity index is 569. The molecule has 1 aliphatic heterocycles. The first-order valence-electron chi connectivity index (χ1n) is 5.87. The lowest BCUT2D eigenvalue weighted by Gasteiger charge is -2.21. The number of carbonyl (C=O) groups is 2. The van der Waals surface area contributed by atoms with E-state index in [2.05, 4.69) is 15.9 Å². The summed E-state index contributed by atoms with van der Waals surface area (Å²) >= 11 is 3.23. The Morgan fingerprint density at radius 2 is 2.16 bits per heavy atom. The van der Waals surface area contributed by atoms with Crippen LogP contribution in [0.5, 0.6) is 0 Å². The van der Waals surface area contributed by atoms with Gasteiger partial charge >= 0.3 is 5.97 Å². The fraction of sp³-hybridized carbons (Fsp3) is 0.417. The number of hydrogen-bond donors (Lipinski definition) is 1. The molecule has 1 aromatic heterocycles. The van der Waals surface area contributed by atoms with Crippen LogP contribution in [0.25, 0.3) is 0 Å². The molecule has 0 unspecified atom stereocenters. The molecule has 1 N–H and O–H groups in total. The quantitative estimate of drug-likeness (QED) is 0.885. The van der Waals surface area contributed by atoms with Gasteiger partial charge in [-0.05, 0) is 34.8 Å². The molecular formula is C12H13BrN2O4. The number of aromatic nitrogens is 1. The SMILES string of the molecule is O=C(O)[C@@H]1CCCN1C(=O)Cn1cc(Br)ccc1=O. The van der Waals surface area contributed by atoms with Crippen LogP contribution in [0.4, 0.5) is 0 Å². The Morgan fingerprint density at radius 3 is 2.84 bits per heavy atom. The smallest absolute Gasteiger partial charge is 0.326 e. The van der Waals surface area contributed by atoms with E-state index in [9.17, 15) is 14.4 Å². The van der Waals surface area contributed by atoms with Gasteiger partial charge in [0.05, 0.1) is 0 Å². The van der Waals surface area contributed by atoms with Crippen molar-refractivity contribution < 1.29 is 14.7 Å². The molecule has 1 aromatic rings. The third kappa shape index (κ3) is 3.04. The van der Waals surface area contributed by atoms with Crippen LogP contribution in [0.1, 0.15) is 12.8 Å². The van der Waals surface area contributed by atoms with Crippen molar-refractivity contribution in [1.29, 1.82) is 0 Å². The number of carboxylic acids is 1. The molecule has 0 bridgehead atoms. The predicted molar refractivity (Wildman–Crippen MR) is 70.8 cm³/mol. The summed E-state index contributed by atoms with van der Waals surface area (Å²) in [5.41, 5.74) is -0.289. The number of nitrogens with zero attached hydrogens (tertiary/aromatic N) is 2. The van der Waals surface area contributed by atoms with Gasteiger partial charge in [-0.2, -0.15) is 0 Å². The highest BCUT2D eigenvalue weighted by molar-refractivity contribution is 9.10. The Balaban J connectivity index is 2.15. The number of aliphatic carboxylic acids is 1. The van der Waals surface area contributed by atoms with Crippen molar-refractivity contribution in [1.82, 2.24) is 9.47 Å². The zero-order valence-corrected chi connectivity index (χ0v) is 11.7. The molecule has 1 amide bonds. The zero-order valence-electron chi connectivity index (χ0n) is 10.1. The average Bonchev–Trinajstić information content (AvgIpc) is 2.83. The molecule has 19 heavy (non-hydrogen) atoms. The number of halogens is 1. The van der Waals surface area contributed by atoms with E-state index in [1.807, 2.05) is 0 Å². The van der Waals surface area contributed by atoms with Gasteiger partial charge in [0.1, 0.15) is 12.6 Å². The number of carbonyl (C=O) groups excluding carboxylic acids is 1. The van der Waals surface area contributed by atoms with Gasteiger partial charge < -0.3 is 14.6 Å². The molecule has 2 heterocycles. The molecule has 0 saturated carbocycles. The van der Waals surface area contributed by atoms with Crippen molar-refractivity contribution in [3.8, 4) is 0 Å². The Hall–Kier alpha value is -1.63. The van der Waals surface area contributed by atoms with Crippen LogP contribution in [-0.4, -0.2) is 39.0 Å². The van der Waals surface area contributed by atoms with Gasteiger partial charge in [0, 0.05) is 23.3 Å². The molecule has 1 atom stereocenters. The highest BCUT2D eigenvalue weighted by Gasteiger charge is 2.33. The summed E-state index contributed by atoms with van der Waals surface area (Å²) in [5.74, 6) is -1.34. The van der Waals surface area contributed by atoms with Crippen LogP contribution in [0.15, 0.2) is 27.6 Å². The largest absolute Gasteiger partial charge is 0.480 e. The minimum absolute atomic E-state index is 0.137. The van der Waals surface area contributed by atoms with E-state index >= 15 is 0 Å². The van der Waals surface area contributed by atoms with Gasteiger partial charge in [0.2, 0.25) is 5.91 Å². The zero-order chi connectivity index (χ0) is 14.0. The van der Waals surface area contributed by atoms with E-state index in [1.165, 1.54) is 21.7 Å². The highest BCUT2D eigenvalue weighted by atomic mass is 79.9. The van der Waals surface area contributed by atoms with Crippen LogP contribution in [0.3, 0.4) is 0 Å². The molecule has 7 heteroatoms. The summed E-state index contributed by atoms with van der Waals surface area (Å²) in [5, 5.41) is 9.03. The third-order valence-electron chi connectivity index (χ3n) is 3.11. The van der Waals surface area contributed by atoms with Crippen molar-refractivity contribution in [2.45, 2.75) is 25.4 Å². The predicted octanol–water partition coefficient (Wildman–Crippen LogP) is 0.686. The lowest BCUT2D eigenvalue weighted by molar-refractivity contribution is -0.148. The molecule has 0 radical (unpaired) electrons. The van der Waals surface area contributed by atoms with Crippen LogP contribution >= 0.6 is 15.9 Å².